The van der Waals surface area contributed by atoms with Gasteiger partial charge < -0.3 is 10.2 Å². The molecule has 0 bridgehead atoms. The van der Waals surface area contributed by atoms with Gasteiger partial charge in [0.05, 0.1) is 12.4 Å². The zero-order chi connectivity index (χ0) is 10.7. The number of halogens is 1. The average molecular weight is 227 g/mol. The van der Waals surface area contributed by atoms with Gasteiger partial charge in [-0.3, -0.25) is 4.98 Å². The van der Waals surface area contributed by atoms with Gasteiger partial charge in [0.15, 0.2) is 0 Å². The van der Waals surface area contributed by atoms with E-state index in [4.69, 9.17) is 11.6 Å². The first-order valence-corrected chi connectivity index (χ1v) is 5.52. The molecule has 0 aromatic carbocycles. The summed E-state index contributed by atoms with van der Waals surface area (Å²) in [6.07, 6.45) is 4.48. The second-order valence-electron chi connectivity index (χ2n) is 4.02. The molecule has 0 radical (unpaired) electrons. The van der Waals surface area contributed by atoms with E-state index in [0.717, 1.165) is 18.9 Å². The number of anilines is 1. The molecule has 2 rings (SSSR count). The van der Waals surface area contributed by atoms with Crippen molar-refractivity contribution in [2.24, 2.45) is 5.92 Å². The van der Waals surface area contributed by atoms with E-state index < -0.39 is 0 Å². The lowest BCUT2D eigenvalue weighted by Crippen LogP contribution is -2.19. The minimum absolute atomic E-state index is 0.434. The van der Waals surface area contributed by atoms with Gasteiger partial charge in [-0.15, -0.1) is 0 Å². The monoisotopic (exact) mass is 226 g/mol. The van der Waals surface area contributed by atoms with Crippen LogP contribution in [0, 0.1) is 5.92 Å². The molecule has 82 valence electrons. The van der Waals surface area contributed by atoms with Crippen molar-refractivity contribution < 1.29 is 0 Å². The van der Waals surface area contributed by atoms with Gasteiger partial charge in [-0.05, 0) is 25.9 Å². The molecule has 5 heteroatoms. The van der Waals surface area contributed by atoms with Crippen molar-refractivity contribution >= 4 is 17.4 Å². The van der Waals surface area contributed by atoms with Gasteiger partial charge in [0, 0.05) is 13.1 Å². The summed E-state index contributed by atoms with van der Waals surface area (Å²) >= 11 is 5.74. The first-order chi connectivity index (χ1) is 7.24. The van der Waals surface area contributed by atoms with Crippen molar-refractivity contribution in [3.05, 3.63) is 17.5 Å². The van der Waals surface area contributed by atoms with Gasteiger partial charge in [0.1, 0.15) is 11.0 Å². The molecule has 2 heterocycles. The van der Waals surface area contributed by atoms with Crippen molar-refractivity contribution in [2.45, 2.75) is 6.42 Å². The SMILES string of the molecule is CN1CCC(CNc2cncc(Cl)n2)C1. The average Bonchev–Trinajstić information content (AvgIpc) is 2.62. The van der Waals surface area contributed by atoms with Crippen LogP contribution in [0.3, 0.4) is 0 Å². The van der Waals surface area contributed by atoms with Crippen LogP contribution < -0.4 is 5.32 Å². The number of aromatic nitrogens is 2. The van der Waals surface area contributed by atoms with Crippen LogP contribution >= 0.6 is 11.6 Å². The summed E-state index contributed by atoms with van der Waals surface area (Å²) in [4.78, 5) is 10.5. The predicted molar refractivity (Wildman–Crippen MR) is 61.1 cm³/mol. The number of hydrogen-bond acceptors (Lipinski definition) is 4. The van der Waals surface area contributed by atoms with E-state index in [0.29, 0.717) is 11.1 Å². The molecule has 1 fully saturated rings. The van der Waals surface area contributed by atoms with E-state index in [-0.39, 0.29) is 0 Å². The molecule has 1 aliphatic heterocycles. The summed E-state index contributed by atoms with van der Waals surface area (Å²) in [5.74, 6) is 1.47. The number of nitrogens with one attached hydrogen (secondary N) is 1. The van der Waals surface area contributed by atoms with Crippen LogP contribution in [0.25, 0.3) is 0 Å². The summed E-state index contributed by atoms with van der Waals surface area (Å²) in [6.45, 7) is 3.29. The number of rotatable bonds is 3. The van der Waals surface area contributed by atoms with Crippen LogP contribution in [-0.4, -0.2) is 41.5 Å². The van der Waals surface area contributed by atoms with Crippen molar-refractivity contribution in [2.75, 3.05) is 32.0 Å². The molecule has 1 N–H and O–H groups in total. The largest absolute Gasteiger partial charge is 0.368 e. The molecule has 1 saturated heterocycles. The van der Waals surface area contributed by atoms with Crippen LogP contribution in [0.5, 0.6) is 0 Å². The highest BCUT2D eigenvalue weighted by molar-refractivity contribution is 6.29. The molecule has 1 aliphatic rings. The summed E-state index contributed by atoms with van der Waals surface area (Å²) < 4.78 is 0. The number of likely N-dealkylation sites (tertiary alicyclic amines) is 1. The molecular weight excluding hydrogens is 212 g/mol. The molecule has 0 saturated carbocycles. The molecule has 4 nitrogen and oxygen atoms in total. The van der Waals surface area contributed by atoms with Gasteiger partial charge >= 0.3 is 0 Å². The van der Waals surface area contributed by atoms with Crippen molar-refractivity contribution in [3.8, 4) is 0 Å². The fraction of sp³-hybridized carbons (Fsp3) is 0.600. The lowest BCUT2D eigenvalue weighted by Gasteiger charge is -2.11. The van der Waals surface area contributed by atoms with E-state index >= 15 is 0 Å². The smallest absolute Gasteiger partial charge is 0.149 e. The highest BCUT2D eigenvalue weighted by Gasteiger charge is 2.18. The quantitative estimate of drug-likeness (QED) is 0.848. The topological polar surface area (TPSA) is 41.0 Å². The molecule has 1 aromatic heterocycles. The first kappa shape index (κ1) is 10.6. The molecule has 15 heavy (non-hydrogen) atoms. The maximum atomic E-state index is 5.74. The molecule has 1 atom stereocenters. The third-order valence-electron chi connectivity index (χ3n) is 2.67. The number of hydrogen-bond donors (Lipinski definition) is 1. The Kier molecular flexibility index (Phi) is 3.38. The van der Waals surface area contributed by atoms with E-state index in [9.17, 15) is 0 Å². The summed E-state index contributed by atoms with van der Waals surface area (Å²) in [6, 6.07) is 0. The van der Waals surface area contributed by atoms with Crippen molar-refractivity contribution in [1.82, 2.24) is 14.9 Å². The van der Waals surface area contributed by atoms with Crippen LogP contribution in [0.15, 0.2) is 12.4 Å². The fourth-order valence-corrected chi connectivity index (χ4v) is 2.02. The summed E-state index contributed by atoms with van der Waals surface area (Å²) in [5, 5.41) is 3.70. The Bertz CT molecular complexity index is 331. The van der Waals surface area contributed by atoms with Crippen molar-refractivity contribution in [3.63, 3.8) is 0 Å². The highest BCUT2D eigenvalue weighted by Crippen LogP contribution is 2.15. The Morgan fingerprint density at radius 1 is 1.60 bits per heavy atom. The lowest BCUT2D eigenvalue weighted by molar-refractivity contribution is 0.399. The first-order valence-electron chi connectivity index (χ1n) is 5.14. The van der Waals surface area contributed by atoms with Crippen LogP contribution in [0.2, 0.25) is 5.15 Å². The zero-order valence-electron chi connectivity index (χ0n) is 8.78. The third kappa shape index (κ3) is 3.04. The minimum Gasteiger partial charge on any atom is -0.368 e. The summed E-state index contributed by atoms with van der Waals surface area (Å²) in [5.41, 5.74) is 0. The van der Waals surface area contributed by atoms with Crippen LogP contribution in [-0.2, 0) is 0 Å². The molecule has 0 aliphatic carbocycles. The Morgan fingerprint density at radius 2 is 2.47 bits per heavy atom. The van der Waals surface area contributed by atoms with Gasteiger partial charge in [0.25, 0.3) is 0 Å². The third-order valence-corrected chi connectivity index (χ3v) is 2.85. The number of nitrogens with zero attached hydrogens (tertiary/aromatic N) is 3. The van der Waals surface area contributed by atoms with Gasteiger partial charge in [-0.25, -0.2) is 4.98 Å². The molecule has 1 aromatic rings. The lowest BCUT2D eigenvalue weighted by atomic mass is 10.1. The van der Waals surface area contributed by atoms with Gasteiger partial charge in [-0.2, -0.15) is 0 Å². The Labute approximate surface area is 94.7 Å². The standard InChI is InChI=1S/C10H15ClN4/c1-15-3-2-8(7-15)4-13-10-6-12-5-9(11)14-10/h5-6,8H,2-4,7H2,1H3,(H,13,14). The van der Waals surface area contributed by atoms with Gasteiger partial charge in [-0.1, -0.05) is 11.6 Å². The molecule has 0 spiro atoms. The molecule has 1 unspecified atom stereocenters. The van der Waals surface area contributed by atoms with E-state index in [1.807, 2.05) is 0 Å². The minimum atomic E-state index is 0.434. The normalized spacial score (nSPS) is 21.9. The second kappa shape index (κ2) is 4.77. The zero-order valence-corrected chi connectivity index (χ0v) is 9.54. The maximum absolute atomic E-state index is 5.74. The highest BCUT2D eigenvalue weighted by atomic mass is 35.5. The van der Waals surface area contributed by atoms with Crippen LogP contribution in [0.4, 0.5) is 5.82 Å². The maximum Gasteiger partial charge on any atom is 0.149 e. The Hall–Kier alpha value is -0.870. The second-order valence-corrected chi connectivity index (χ2v) is 4.41. The Balaban J connectivity index is 1.83. The van der Waals surface area contributed by atoms with E-state index in [1.54, 1.807) is 6.20 Å². The Morgan fingerprint density at radius 3 is 3.13 bits per heavy atom. The van der Waals surface area contributed by atoms with Gasteiger partial charge in [0.2, 0.25) is 0 Å². The molecule has 0 amide bonds. The predicted octanol–water partition coefficient (Wildman–Crippen LogP) is 1.49. The molecular formula is C10H15ClN4. The summed E-state index contributed by atoms with van der Waals surface area (Å²) in [7, 11) is 2.15. The fourth-order valence-electron chi connectivity index (χ4n) is 1.87. The van der Waals surface area contributed by atoms with E-state index in [2.05, 4.69) is 27.2 Å². The van der Waals surface area contributed by atoms with Crippen molar-refractivity contribution in [1.29, 1.82) is 0 Å². The van der Waals surface area contributed by atoms with E-state index in [1.165, 1.54) is 19.2 Å². The van der Waals surface area contributed by atoms with Crippen LogP contribution in [0.1, 0.15) is 6.42 Å².